The third-order valence-corrected chi connectivity index (χ3v) is 4.80. The van der Waals surface area contributed by atoms with Crippen LogP contribution in [0.5, 0.6) is 0 Å². The molecule has 1 atom stereocenters. The minimum atomic E-state index is 0.0493. The van der Waals surface area contributed by atoms with Crippen molar-refractivity contribution in [2.45, 2.75) is 31.3 Å². The van der Waals surface area contributed by atoms with Gasteiger partial charge in [-0.2, -0.15) is 0 Å². The van der Waals surface area contributed by atoms with Gasteiger partial charge in [0, 0.05) is 49.4 Å². The molecular formula is C17H21N3O. The number of aryl methyl sites for hydroxylation is 1. The van der Waals surface area contributed by atoms with Gasteiger partial charge in [-0.1, -0.05) is 18.2 Å². The molecule has 21 heavy (non-hydrogen) atoms. The summed E-state index contributed by atoms with van der Waals surface area (Å²) in [6.07, 6.45) is 3.89. The summed E-state index contributed by atoms with van der Waals surface area (Å²) in [6, 6.07) is 11.1. The Balaban J connectivity index is 1.64. The van der Waals surface area contributed by atoms with Gasteiger partial charge < -0.3 is 9.88 Å². The second kappa shape index (κ2) is 4.88. The molecule has 0 spiro atoms. The molecule has 1 unspecified atom stereocenters. The fraction of sp³-hybridized carbons (Fsp3) is 0.471. The molecule has 4 nitrogen and oxygen atoms in total. The first-order valence-corrected chi connectivity index (χ1v) is 7.82. The van der Waals surface area contributed by atoms with E-state index in [-0.39, 0.29) is 5.56 Å². The van der Waals surface area contributed by atoms with E-state index in [1.807, 2.05) is 25.2 Å². The van der Waals surface area contributed by atoms with Crippen molar-refractivity contribution in [2.24, 2.45) is 7.05 Å². The zero-order valence-corrected chi connectivity index (χ0v) is 12.4. The average molecular weight is 283 g/mol. The lowest BCUT2D eigenvalue weighted by molar-refractivity contribution is 0.326. The lowest BCUT2D eigenvalue weighted by Crippen LogP contribution is -2.28. The lowest BCUT2D eigenvalue weighted by Gasteiger charge is -2.18. The normalized spacial score (nSPS) is 22.8. The lowest BCUT2D eigenvalue weighted by atomic mass is 10.1. The van der Waals surface area contributed by atoms with Crippen LogP contribution in [0.4, 0.5) is 5.69 Å². The molecule has 1 aliphatic heterocycles. The fourth-order valence-electron chi connectivity index (χ4n) is 3.43. The van der Waals surface area contributed by atoms with E-state index in [1.54, 1.807) is 10.6 Å². The smallest absolute Gasteiger partial charge is 0.252 e. The predicted molar refractivity (Wildman–Crippen MR) is 85.8 cm³/mol. The van der Waals surface area contributed by atoms with E-state index in [0.717, 1.165) is 29.2 Å². The molecule has 0 radical (unpaired) electrons. The van der Waals surface area contributed by atoms with Gasteiger partial charge in [-0.05, 0) is 25.3 Å². The van der Waals surface area contributed by atoms with Gasteiger partial charge in [0.15, 0.2) is 0 Å². The number of rotatable bonds is 3. The Morgan fingerprint density at radius 3 is 2.81 bits per heavy atom. The van der Waals surface area contributed by atoms with Crippen LogP contribution in [0.1, 0.15) is 19.3 Å². The number of anilines is 1. The SMILES string of the molecule is Cn1c(=O)cc(NC2CCN(C3CC3)C2)c2ccccc21. The van der Waals surface area contributed by atoms with Crippen molar-refractivity contribution in [3.63, 3.8) is 0 Å². The van der Waals surface area contributed by atoms with E-state index in [4.69, 9.17) is 0 Å². The molecule has 4 rings (SSSR count). The zero-order chi connectivity index (χ0) is 14.4. The second-order valence-electron chi connectivity index (χ2n) is 6.33. The Hall–Kier alpha value is -1.81. The monoisotopic (exact) mass is 283 g/mol. The van der Waals surface area contributed by atoms with E-state index in [2.05, 4.69) is 16.3 Å². The Bertz CT molecular complexity index is 732. The summed E-state index contributed by atoms with van der Waals surface area (Å²) < 4.78 is 1.71. The van der Waals surface area contributed by atoms with Gasteiger partial charge in [0.25, 0.3) is 5.56 Å². The van der Waals surface area contributed by atoms with E-state index >= 15 is 0 Å². The van der Waals surface area contributed by atoms with Gasteiger partial charge in [0.1, 0.15) is 0 Å². The van der Waals surface area contributed by atoms with Gasteiger partial charge in [0.2, 0.25) is 0 Å². The van der Waals surface area contributed by atoms with Crippen LogP contribution in [-0.2, 0) is 7.05 Å². The first kappa shape index (κ1) is 12.9. The Morgan fingerprint density at radius 1 is 1.19 bits per heavy atom. The minimum Gasteiger partial charge on any atom is -0.380 e. The van der Waals surface area contributed by atoms with Crippen molar-refractivity contribution in [3.05, 3.63) is 40.7 Å². The number of nitrogens with one attached hydrogen (secondary N) is 1. The summed E-state index contributed by atoms with van der Waals surface area (Å²) in [7, 11) is 1.83. The third kappa shape index (κ3) is 2.33. The maximum atomic E-state index is 12.1. The fourth-order valence-corrected chi connectivity index (χ4v) is 3.43. The van der Waals surface area contributed by atoms with E-state index in [9.17, 15) is 4.79 Å². The van der Waals surface area contributed by atoms with Crippen molar-refractivity contribution < 1.29 is 0 Å². The molecule has 2 aromatic rings. The molecule has 2 heterocycles. The molecule has 4 heteroatoms. The molecule has 1 N–H and O–H groups in total. The number of hydrogen-bond donors (Lipinski definition) is 1. The zero-order valence-electron chi connectivity index (χ0n) is 12.4. The van der Waals surface area contributed by atoms with Crippen LogP contribution >= 0.6 is 0 Å². The topological polar surface area (TPSA) is 37.3 Å². The summed E-state index contributed by atoms with van der Waals surface area (Å²) in [5.74, 6) is 0. The van der Waals surface area contributed by atoms with Crippen LogP contribution in [0, 0.1) is 0 Å². The summed E-state index contributed by atoms with van der Waals surface area (Å²) in [4.78, 5) is 14.7. The molecule has 110 valence electrons. The highest BCUT2D eigenvalue weighted by atomic mass is 16.1. The van der Waals surface area contributed by atoms with Gasteiger partial charge in [-0.3, -0.25) is 9.69 Å². The Kier molecular flexibility index (Phi) is 3.00. The van der Waals surface area contributed by atoms with Gasteiger partial charge in [-0.25, -0.2) is 0 Å². The van der Waals surface area contributed by atoms with Crippen LogP contribution in [-0.4, -0.2) is 34.6 Å². The number of aromatic nitrogens is 1. The highest BCUT2D eigenvalue weighted by Crippen LogP contribution is 2.31. The molecule has 1 saturated heterocycles. The number of hydrogen-bond acceptors (Lipinski definition) is 3. The molecule has 0 bridgehead atoms. The molecule has 0 amide bonds. The number of nitrogens with zero attached hydrogens (tertiary/aromatic N) is 2. The Morgan fingerprint density at radius 2 is 2.00 bits per heavy atom. The van der Waals surface area contributed by atoms with Crippen molar-refractivity contribution in [1.29, 1.82) is 0 Å². The van der Waals surface area contributed by atoms with Crippen LogP contribution in [0.25, 0.3) is 10.9 Å². The molecule has 2 fully saturated rings. The van der Waals surface area contributed by atoms with Gasteiger partial charge >= 0.3 is 0 Å². The van der Waals surface area contributed by atoms with Crippen molar-refractivity contribution in [1.82, 2.24) is 9.47 Å². The highest BCUT2D eigenvalue weighted by molar-refractivity contribution is 5.91. The molecule has 1 aromatic carbocycles. The summed E-state index contributed by atoms with van der Waals surface area (Å²) >= 11 is 0. The van der Waals surface area contributed by atoms with Crippen LogP contribution in [0.15, 0.2) is 35.1 Å². The number of likely N-dealkylation sites (tertiary alicyclic amines) is 1. The van der Waals surface area contributed by atoms with Crippen molar-refractivity contribution in [2.75, 3.05) is 18.4 Å². The van der Waals surface area contributed by atoms with Gasteiger partial charge in [-0.15, -0.1) is 0 Å². The van der Waals surface area contributed by atoms with E-state index in [0.29, 0.717) is 6.04 Å². The molecule has 2 aliphatic rings. The summed E-state index contributed by atoms with van der Waals surface area (Å²) in [5.41, 5.74) is 2.02. The highest BCUT2D eigenvalue weighted by Gasteiger charge is 2.34. The first-order valence-electron chi connectivity index (χ1n) is 7.82. The third-order valence-electron chi connectivity index (χ3n) is 4.80. The largest absolute Gasteiger partial charge is 0.380 e. The van der Waals surface area contributed by atoms with Crippen molar-refractivity contribution >= 4 is 16.6 Å². The van der Waals surface area contributed by atoms with Crippen LogP contribution in [0.3, 0.4) is 0 Å². The molecule has 1 saturated carbocycles. The van der Waals surface area contributed by atoms with Crippen molar-refractivity contribution in [3.8, 4) is 0 Å². The minimum absolute atomic E-state index is 0.0493. The maximum absolute atomic E-state index is 12.1. The predicted octanol–water partition coefficient (Wildman–Crippen LogP) is 2.19. The quantitative estimate of drug-likeness (QED) is 0.938. The summed E-state index contributed by atoms with van der Waals surface area (Å²) in [5, 5.41) is 4.74. The summed E-state index contributed by atoms with van der Waals surface area (Å²) in [6.45, 7) is 2.29. The number of pyridine rings is 1. The van der Waals surface area contributed by atoms with Crippen LogP contribution < -0.4 is 10.9 Å². The average Bonchev–Trinajstić information content (AvgIpc) is 3.25. The van der Waals surface area contributed by atoms with Crippen LogP contribution in [0.2, 0.25) is 0 Å². The number of fused-ring (bicyclic) bond motifs is 1. The van der Waals surface area contributed by atoms with Gasteiger partial charge in [0.05, 0.1) is 5.52 Å². The standard InChI is InChI=1S/C17H21N3O/c1-19-16-5-3-2-4-14(16)15(10-17(19)21)18-12-8-9-20(11-12)13-6-7-13/h2-5,10,12-13,18H,6-9,11H2,1H3. The van der Waals surface area contributed by atoms with E-state index < -0.39 is 0 Å². The molecule has 1 aromatic heterocycles. The molecular weight excluding hydrogens is 262 g/mol. The number of para-hydroxylation sites is 1. The first-order chi connectivity index (χ1) is 10.2. The Labute approximate surface area is 124 Å². The van der Waals surface area contributed by atoms with E-state index in [1.165, 1.54) is 25.8 Å². The molecule has 1 aliphatic carbocycles. The maximum Gasteiger partial charge on any atom is 0.252 e. The second-order valence-corrected chi connectivity index (χ2v) is 6.33. The number of benzene rings is 1.